The Morgan fingerprint density at radius 2 is 1.81 bits per heavy atom. The average molecular weight is 426 g/mol. The number of benzene rings is 2. The van der Waals surface area contributed by atoms with Gasteiger partial charge in [0.1, 0.15) is 5.75 Å². The van der Waals surface area contributed by atoms with E-state index in [1.165, 1.54) is 20.3 Å². The molecular weight excluding hydrogens is 400 g/mol. The molecule has 1 aliphatic heterocycles. The van der Waals surface area contributed by atoms with E-state index >= 15 is 0 Å². The molecule has 0 radical (unpaired) electrons. The zero-order valence-corrected chi connectivity index (χ0v) is 17.9. The lowest BCUT2D eigenvalue weighted by atomic mass is 9.84. The lowest BCUT2D eigenvalue weighted by Gasteiger charge is -2.40. The van der Waals surface area contributed by atoms with Gasteiger partial charge in [0.05, 0.1) is 45.0 Å². The molecule has 0 saturated carbocycles. The number of methoxy groups -OCH3 is 2. The molecular formula is C24H26O7. The Morgan fingerprint density at radius 3 is 2.39 bits per heavy atom. The predicted molar refractivity (Wildman–Crippen MR) is 114 cm³/mol. The van der Waals surface area contributed by atoms with Gasteiger partial charge in [-0.15, -0.1) is 0 Å². The van der Waals surface area contributed by atoms with Crippen molar-refractivity contribution >= 4 is 18.0 Å². The van der Waals surface area contributed by atoms with Gasteiger partial charge >= 0.3 is 11.9 Å². The summed E-state index contributed by atoms with van der Waals surface area (Å²) < 4.78 is 26.5. The first-order valence-corrected chi connectivity index (χ1v) is 9.95. The summed E-state index contributed by atoms with van der Waals surface area (Å²) in [6.45, 7) is 4.14. The summed E-state index contributed by atoms with van der Waals surface area (Å²) in [5, 5.41) is 0. The first kappa shape index (κ1) is 22.4. The minimum Gasteiger partial charge on any atom is -0.493 e. The molecule has 3 rings (SSSR count). The van der Waals surface area contributed by atoms with Crippen molar-refractivity contribution in [3.05, 3.63) is 59.7 Å². The van der Waals surface area contributed by atoms with Gasteiger partial charge < -0.3 is 23.7 Å². The molecule has 0 aromatic heterocycles. The summed E-state index contributed by atoms with van der Waals surface area (Å²) in [7, 11) is 2.78. The van der Waals surface area contributed by atoms with Crippen molar-refractivity contribution in [3.8, 4) is 17.2 Å². The van der Waals surface area contributed by atoms with Crippen LogP contribution in [0, 0.1) is 5.41 Å². The van der Waals surface area contributed by atoms with Crippen molar-refractivity contribution in [2.45, 2.75) is 13.3 Å². The quantitative estimate of drug-likeness (QED) is 0.342. The third-order valence-electron chi connectivity index (χ3n) is 5.20. The second-order valence-electron chi connectivity index (χ2n) is 7.32. The van der Waals surface area contributed by atoms with Crippen molar-refractivity contribution in [2.24, 2.45) is 5.41 Å². The summed E-state index contributed by atoms with van der Waals surface area (Å²) in [5.41, 5.74) is 1.18. The molecule has 0 amide bonds. The molecule has 7 heteroatoms. The van der Waals surface area contributed by atoms with Gasteiger partial charge in [-0.3, -0.25) is 0 Å². The maximum Gasteiger partial charge on any atom is 0.343 e. The predicted octanol–water partition coefficient (Wildman–Crippen LogP) is 3.91. The fraction of sp³-hybridized carbons (Fsp3) is 0.333. The van der Waals surface area contributed by atoms with Gasteiger partial charge in [-0.2, -0.15) is 0 Å². The SMILES string of the molecule is CCC1(COc2ccc(C(=O)Oc3ccc(/C=C/C(=O)OC)cc3OC)cc2)COC1. The lowest BCUT2D eigenvalue weighted by Crippen LogP contribution is -2.46. The summed E-state index contributed by atoms with van der Waals surface area (Å²) in [4.78, 5) is 23.8. The van der Waals surface area contributed by atoms with Gasteiger partial charge in [-0.1, -0.05) is 13.0 Å². The second-order valence-corrected chi connectivity index (χ2v) is 7.32. The Morgan fingerprint density at radius 1 is 1.06 bits per heavy atom. The van der Waals surface area contributed by atoms with Crippen LogP contribution in [0.2, 0.25) is 0 Å². The van der Waals surface area contributed by atoms with E-state index in [0.717, 1.165) is 6.42 Å². The number of hydrogen-bond donors (Lipinski definition) is 0. The van der Waals surface area contributed by atoms with Crippen molar-refractivity contribution in [1.29, 1.82) is 0 Å². The Balaban J connectivity index is 1.62. The van der Waals surface area contributed by atoms with Crippen molar-refractivity contribution < 1.29 is 33.3 Å². The molecule has 1 aliphatic rings. The first-order chi connectivity index (χ1) is 15.0. The maximum absolute atomic E-state index is 12.5. The molecule has 1 fully saturated rings. The van der Waals surface area contributed by atoms with Crippen LogP contribution < -0.4 is 14.2 Å². The molecule has 0 aliphatic carbocycles. The van der Waals surface area contributed by atoms with E-state index in [1.54, 1.807) is 48.5 Å². The van der Waals surface area contributed by atoms with Crippen LogP contribution in [0.15, 0.2) is 48.5 Å². The number of esters is 2. The molecule has 1 saturated heterocycles. The van der Waals surface area contributed by atoms with Crippen LogP contribution in [0.3, 0.4) is 0 Å². The molecule has 1 heterocycles. The minimum absolute atomic E-state index is 0.0896. The summed E-state index contributed by atoms with van der Waals surface area (Å²) >= 11 is 0. The number of carbonyl (C=O) groups is 2. The van der Waals surface area contributed by atoms with Crippen LogP contribution in [0.25, 0.3) is 6.08 Å². The fourth-order valence-corrected chi connectivity index (χ4v) is 2.97. The molecule has 0 atom stereocenters. The Hall–Kier alpha value is -3.32. The maximum atomic E-state index is 12.5. The van der Waals surface area contributed by atoms with Crippen LogP contribution in [0.5, 0.6) is 17.2 Å². The first-order valence-electron chi connectivity index (χ1n) is 9.95. The third-order valence-corrected chi connectivity index (χ3v) is 5.20. The molecule has 31 heavy (non-hydrogen) atoms. The van der Waals surface area contributed by atoms with Gasteiger partial charge in [0.25, 0.3) is 0 Å². The second kappa shape index (κ2) is 10.1. The smallest absolute Gasteiger partial charge is 0.343 e. The summed E-state index contributed by atoms with van der Waals surface area (Å²) in [5.74, 6) is 0.356. The van der Waals surface area contributed by atoms with E-state index in [2.05, 4.69) is 11.7 Å². The molecule has 0 spiro atoms. The minimum atomic E-state index is -0.514. The van der Waals surface area contributed by atoms with E-state index in [1.807, 2.05) is 0 Å². The van der Waals surface area contributed by atoms with Gasteiger partial charge in [-0.05, 0) is 54.5 Å². The topological polar surface area (TPSA) is 80.3 Å². The van der Waals surface area contributed by atoms with Gasteiger partial charge in [0.15, 0.2) is 11.5 Å². The van der Waals surface area contributed by atoms with Crippen molar-refractivity contribution in [1.82, 2.24) is 0 Å². The molecule has 164 valence electrons. The number of ether oxygens (including phenoxy) is 5. The Kier molecular flexibility index (Phi) is 7.31. The van der Waals surface area contributed by atoms with E-state index in [4.69, 9.17) is 18.9 Å². The van der Waals surface area contributed by atoms with Crippen LogP contribution in [0.4, 0.5) is 0 Å². The zero-order chi connectivity index (χ0) is 22.3. The van der Waals surface area contributed by atoms with E-state index in [-0.39, 0.29) is 11.2 Å². The van der Waals surface area contributed by atoms with Gasteiger partial charge in [0.2, 0.25) is 0 Å². The zero-order valence-electron chi connectivity index (χ0n) is 17.9. The summed E-state index contributed by atoms with van der Waals surface area (Å²) in [6, 6.07) is 11.8. The van der Waals surface area contributed by atoms with E-state index in [0.29, 0.717) is 42.4 Å². The average Bonchev–Trinajstić information content (AvgIpc) is 2.78. The lowest BCUT2D eigenvalue weighted by molar-refractivity contribution is -0.134. The highest BCUT2D eigenvalue weighted by atomic mass is 16.6. The monoisotopic (exact) mass is 426 g/mol. The van der Waals surface area contributed by atoms with Crippen LogP contribution >= 0.6 is 0 Å². The third kappa shape index (κ3) is 5.64. The van der Waals surface area contributed by atoms with Crippen molar-refractivity contribution in [3.63, 3.8) is 0 Å². The molecule has 0 unspecified atom stereocenters. The van der Waals surface area contributed by atoms with Gasteiger partial charge in [-0.25, -0.2) is 9.59 Å². The van der Waals surface area contributed by atoms with E-state index in [9.17, 15) is 9.59 Å². The number of rotatable bonds is 9. The Labute approximate surface area is 181 Å². The molecule has 0 N–H and O–H groups in total. The summed E-state index contributed by atoms with van der Waals surface area (Å²) in [6.07, 6.45) is 3.87. The number of carbonyl (C=O) groups excluding carboxylic acids is 2. The molecule has 0 bridgehead atoms. The largest absolute Gasteiger partial charge is 0.493 e. The standard InChI is InChI=1S/C24H26O7/c1-4-24(14-29-15-24)16-30-19-9-7-18(8-10-19)23(26)31-20-11-5-17(13-21(20)27-2)6-12-22(25)28-3/h5-13H,4,14-16H2,1-3H3/b12-6+. The highest BCUT2D eigenvalue weighted by Gasteiger charge is 2.37. The Bertz CT molecular complexity index is 937. The van der Waals surface area contributed by atoms with Crippen LogP contribution in [-0.4, -0.2) is 46.0 Å². The van der Waals surface area contributed by atoms with Gasteiger partial charge in [0, 0.05) is 6.08 Å². The molecule has 2 aromatic rings. The number of hydrogen-bond acceptors (Lipinski definition) is 7. The van der Waals surface area contributed by atoms with E-state index < -0.39 is 11.9 Å². The molecule has 7 nitrogen and oxygen atoms in total. The normalized spacial score (nSPS) is 14.5. The van der Waals surface area contributed by atoms with Crippen LogP contribution in [-0.2, 0) is 14.3 Å². The van der Waals surface area contributed by atoms with Crippen molar-refractivity contribution in [2.75, 3.05) is 34.0 Å². The fourth-order valence-electron chi connectivity index (χ4n) is 2.97. The molecule has 2 aromatic carbocycles. The van der Waals surface area contributed by atoms with Crippen LogP contribution in [0.1, 0.15) is 29.3 Å². The highest BCUT2D eigenvalue weighted by molar-refractivity contribution is 5.91. The highest BCUT2D eigenvalue weighted by Crippen LogP contribution is 2.32.